The lowest BCUT2D eigenvalue weighted by Crippen LogP contribution is -2.31. The van der Waals surface area contributed by atoms with Crippen LogP contribution in [0.2, 0.25) is 0 Å². The monoisotopic (exact) mass is 450 g/mol. The van der Waals surface area contributed by atoms with E-state index < -0.39 is 0 Å². The molecule has 0 bridgehead atoms. The van der Waals surface area contributed by atoms with E-state index >= 15 is 0 Å². The van der Waals surface area contributed by atoms with Crippen LogP contribution in [0.5, 0.6) is 0 Å². The Kier molecular flexibility index (Phi) is 6.68. The van der Waals surface area contributed by atoms with Gasteiger partial charge in [-0.15, -0.1) is 0 Å². The van der Waals surface area contributed by atoms with E-state index in [1.807, 2.05) is 0 Å². The summed E-state index contributed by atoms with van der Waals surface area (Å²) in [6, 6.07) is 7.30. The largest absolute Gasteiger partial charge is 0.355 e. The molecular formula is C31H50N2. The second kappa shape index (κ2) is 8.51. The highest BCUT2D eigenvalue weighted by atomic mass is 15.4. The second-order valence-electron chi connectivity index (χ2n) is 14.6. The van der Waals surface area contributed by atoms with Crippen molar-refractivity contribution in [1.82, 2.24) is 4.90 Å². The van der Waals surface area contributed by atoms with Crippen LogP contribution in [0.15, 0.2) is 41.6 Å². The topological polar surface area (TPSA) is 6.48 Å². The SMILES string of the molecule is CC(C)(C)C1=C[C@H](C(C)(C)C)CC(N2CCN(c3cc(C(C)(C)C)cc(C(C)(C)C)c3)C2)=C1. The fourth-order valence-electron chi connectivity index (χ4n) is 4.72. The molecule has 1 aromatic rings. The van der Waals surface area contributed by atoms with Gasteiger partial charge in [0.25, 0.3) is 0 Å². The van der Waals surface area contributed by atoms with E-state index in [2.05, 4.69) is 123 Å². The van der Waals surface area contributed by atoms with Crippen LogP contribution in [0.1, 0.15) is 101 Å². The second-order valence-corrected chi connectivity index (χ2v) is 14.6. The summed E-state index contributed by atoms with van der Waals surface area (Å²) < 4.78 is 0. The van der Waals surface area contributed by atoms with Crippen molar-refractivity contribution in [1.29, 1.82) is 0 Å². The molecule has 1 atom stereocenters. The van der Waals surface area contributed by atoms with Crippen molar-refractivity contribution >= 4 is 5.69 Å². The van der Waals surface area contributed by atoms with Gasteiger partial charge in [0, 0.05) is 24.5 Å². The lowest BCUT2D eigenvalue weighted by Gasteiger charge is -2.38. The summed E-state index contributed by atoms with van der Waals surface area (Å²) in [4.78, 5) is 5.23. The third kappa shape index (κ3) is 6.06. The molecule has 0 aromatic heterocycles. The highest BCUT2D eigenvalue weighted by Crippen LogP contribution is 2.42. The summed E-state index contributed by atoms with van der Waals surface area (Å²) >= 11 is 0. The number of nitrogens with zero attached hydrogens (tertiary/aromatic N) is 2. The molecule has 1 saturated heterocycles. The minimum Gasteiger partial charge on any atom is -0.355 e. The first-order valence-corrected chi connectivity index (χ1v) is 12.9. The predicted octanol–water partition coefficient (Wildman–Crippen LogP) is 8.28. The molecule has 1 aliphatic heterocycles. The minimum absolute atomic E-state index is 0.146. The Morgan fingerprint density at radius 1 is 0.667 bits per heavy atom. The maximum atomic E-state index is 2.64. The normalized spacial score (nSPS) is 20.8. The molecule has 1 aromatic carbocycles. The van der Waals surface area contributed by atoms with E-state index in [-0.39, 0.29) is 21.7 Å². The van der Waals surface area contributed by atoms with Gasteiger partial charge in [-0.25, -0.2) is 0 Å². The standard InChI is InChI=1S/C31H50N2/c1-28(2,3)22-15-23(29(4,5)6)18-26(17-22)32-13-14-33(21-32)27-19-24(30(7,8)9)16-25(20-27)31(10,11)12/h15-19,25H,13-14,20-21H2,1-12H3/t25-/m0/s1. The molecule has 0 radical (unpaired) electrons. The van der Waals surface area contributed by atoms with Gasteiger partial charge in [-0.2, -0.15) is 0 Å². The van der Waals surface area contributed by atoms with Crippen LogP contribution in [0, 0.1) is 16.7 Å². The molecule has 184 valence electrons. The fourth-order valence-corrected chi connectivity index (χ4v) is 4.72. The number of hydrogen-bond donors (Lipinski definition) is 0. The van der Waals surface area contributed by atoms with E-state index in [9.17, 15) is 0 Å². The van der Waals surface area contributed by atoms with Gasteiger partial charge < -0.3 is 9.80 Å². The van der Waals surface area contributed by atoms with Crippen molar-refractivity contribution in [3.63, 3.8) is 0 Å². The minimum atomic E-state index is 0.146. The van der Waals surface area contributed by atoms with Crippen molar-refractivity contribution in [2.45, 2.75) is 100 Å². The quantitative estimate of drug-likeness (QED) is 0.447. The molecule has 0 saturated carbocycles. The Morgan fingerprint density at radius 3 is 1.64 bits per heavy atom. The van der Waals surface area contributed by atoms with E-state index in [0.717, 1.165) is 26.2 Å². The van der Waals surface area contributed by atoms with Crippen LogP contribution < -0.4 is 4.90 Å². The molecule has 0 amide bonds. The molecule has 1 heterocycles. The van der Waals surface area contributed by atoms with Crippen molar-refractivity contribution in [2.24, 2.45) is 16.7 Å². The molecule has 33 heavy (non-hydrogen) atoms. The van der Waals surface area contributed by atoms with Gasteiger partial charge in [-0.1, -0.05) is 95.2 Å². The molecular weight excluding hydrogens is 400 g/mol. The third-order valence-electron chi connectivity index (χ3n) is 7.51. The number of benzene rings is 1. The third-order valence-corrected chi connectivity index (χ3v) is 7.51. The first kappa shape index (κ1) is 25.9. The van der Waals surface area contributed by atoms with Crippen LogP contribution in [0.3, 0.4) is 0 Å². The Bertz CT molecular complexity index is 887. The molecule has 1 aliphatic carbocycles. The Hall–Kier alpha value is -1.70. The highest BCUT2D eigenvalue weighted by molar-refractivity contribution is 5.55. The van der Waals surface area contributed by atoms with Gasteiger partial charge >= 0.3 is 0 Å². The number of allylic oxidation sites excluding steroid dienone is 4. The smallest absolute Gasteiger partial charge is 0.0901 e. The average molecular weight is 451 g/mol. The van der Waals surface area contributed by atoms with Crippen LogP contribution in [0.4, 0.5) is 5.69 Å². The first-order chi connectivity index (χ1) is 14.9. The molecule has 2 aliphatic rings. The maximum absolute atomic E-state index is 2.64. The lowest BCUT2D eigenvalue weighted by molar-refractivity contribution is 0.260. The summed E-state index contributed by atoms with van der Waals surface area (Å²) in [6.07, 6.45) is 6.20. The van der Waals surface area contributed by atoms with Crippen molar-refractivity contribution < 1.29 is 0 Å². The predicted molar refractivity (Wildman–Crippen MR) is 146 cm³/mol. The molecule has 3 rings (SSSR count). The fraction of sp³-hybridized carbons (Fsp3) is 0.677. The van der Waals surface area contributed by atoms with Crippen LogP contribution in [0.25, 0.3) is 0 Å². The van der Waals surface area contributed by atoms with Gasteiger partial charge in [0.1, 0.15) is 0 Å². The van der Waals surface area contributed by atoms with Crippen LogP contribution in [-0.2, 0) is 10.8 Å². The van der Waals surface area contributed by atoms with Crippen molar-refractivity contribution in [2.75, 3.05) is 24.7 Å². The number of anilines is 1. The zero-order chi connectivity index (χ0) is 25.0. The van der Waals surface area contributed by atoms with Gasteiger partial charge in [-0.05, 0) is 68.9 Å². The van der Waals surface area contributed by atoms with Crippen LogP contribution >= 0.6 is 0 Å². The lowest BCUT2D eigenvalue weighted by atomic mass is 9.71. The molecule has 0 spiro atoms. The molecule has 1 fully saturated rings. The van der Waals surface area contributed by atoms with Crippen LogP contribution in [-0.4, -0.2) is 24.7 Å². The molecule has 0 unspecified atom stereocenters. The van der Waals surface area contributed by atoms with E-state index in [4.69, 9.17) is 0 Å². The average Bonchev–Trinajstić information content (AvgIpc) is 3.15. The van der Waals surface area contributed by atoms with Gasteiger partial charge in [0.2, 0.25) is 0 Å². The van der Waals surface area contributed by atoms with Crippen molar-refractivity contribution in [3.8, 4) is 0 Å². The van der Waals surface area contributed by atoms with Crippen molar-refractivity contribution in [3.05, 3.63) is 52.7 Å². The van der Waals surface area contributed by atoms with E-state index in [1.165, 1.54) is 28.1 Å². The highest BCUT2D eigenvalue weighted by Gasteiger charge is 2.33. The van der Waals surface area contributed by atoms with Gasteiger partial charge in [-0.3, -0.25) is 0 Å². The zero-order valence-electron chi connectivity index (χ0n) is 23.7. The Labute approximate surface area is 205 Å². The van der Waals surface area contributed by atoms with Gasteiger partial charge in [0.05, 0.1) is 6.67 Å². The Balaban J connectivity index is 1.91. The number of rotatable bonds is 2. The first-order valence-electron chi connectivity index (χ1n) is 12.9. The molecule has 0 N–H and O–H groups in total. The Morgan fingerprint density at radius 2 is 1.18 bits per heavy atom. The number of hydrogen-bond acceptors (Lipinski definition) is 2. The summed E-state index contributed by atoms with van der Waals surface area (Å²) in [7, 11) is 0. The summed E-state index contributed by atoms with van der Waals surface area (Å²) in [5, 5.41) is 0. The zero-order valence-corrected chi connectivity index (χ0v) is 23.7. The van der Waals surface area contributed by atoms with E-state index in [0.29, 0.717) is 5.92 Å². The molecule has 2 nitrogen and oxygen atoms in total. The maximum Gasteiger partial charge on any atom is 0.0901 e. The summed E-state index contributed by atoms with van der Waals surface area (Å²) in [6.45, 7) is 31.3. The summed E-state index contributed by atoms with van der Waals surface area (Å²) in [5.74, 6) is 0.581. The van der Waals surface area contributed by atoms with E-state index in [1.54, 1.807) is 0 Å². The van der Waals surface area contributed by atoms with Gasteiger partial charge in [0.15, 0.2) is 0 Å². The summed E-state index contributed by atoms with van der Waals surface area (Å²) in [5.41, 5.74) is 8.01. The molecule has 2 heteroatoms.